The molecule has 0 bridgehead atoms. The molecular weight excluding hydrogens is 324 g/mol. The number of amides is 1. The number of benzene rings is 2. The molecule has 2 aromatic carbocycles. The number of hydrogen-bond donors (Lipinski definition) is 1. The molecule has 0 radical (unpaired) electrons. The number of rotatable bonds is 5. The SMILES string of the molecule is CCN(C(=O)c1cnc(Nc2ccccc2C)nc1)c1cccc(C)c1. The van der Waals surface area contributed by atoms with Crippen molar-refractivity contribution >= 4 is 23.2 Å². The Bertz CT molecular complexity index is 906. The highest BCUT2D eigenvalue weighted by atomic mass is 16.2. The van der Waals surface area contributed by atoms with E-state index < -0.39 is 0 Å². The smallest absolute Gasteiger partial charge is 0.261 e. The van der Waals surface area contributed by atoms with Crippen LogP contribution in [0.15, 0.2) is 60.9 Å². The first-order valence-corrected chi connectivity index (χ1v) is 8.61. The molecule has 5 heteroatoms. The first kappa shape index (κ1) is 17.6. The van der Waals surface area contributed by atoms with Gasteiger partial charge in [-0.05, 0) is 50.1 Å². The normalized spacial score (nSPS) is 10.4. The molecule has 1 amide bonds. The molecule has 132 valence electrons. The van der Waals surface area contributed by atoms with Crippen molar-refractivity contribution in [1.82, 2.24) is 9.97 Å². The molecule has 0 unspecified atom stereocenters. The number of carbonyl (C=O) groups excluding carboxylic acids is 1. The van der Waals surface area contributed by atoms with Crippen molar-refractivity contribution < 1.29 is 4.79 Å². The van der Waals surface area contributed by atoms with E-state index in [-0.39, 0.29) is 5.91 Å². The van der Waals surface area contributed by atoms with Crippen LogP contribution in [0.25, 0.3) is 0 Å². The maximum atomic E-state index is 12.8. The lowest BCUT2D eigenvalue weighted by Gasteiger charge is -2.21. The van der Waals surface area contributed by atoms with Gasteiger partial charge in [0.1, 0.15) is 0 Å². The molecule has 0 fully saturated rings. The molecule has 1 heterocycles. The number of aryl methyl sites for hydroxylation is 2. The third-order valence-corrected chi connectivity index (χ3v) is 4.17. The number of nitrogens with zero attached hydrogens (tertiary/aromatic N) is 3. The predicted octanol–water partition coefficient (Wildman–Crippen LogP) is 4.50. The zero-order valence-electron chi connectivity index (χ0n) is 15.2. The number of hydrogen-bond acceptors (Lipinski definition) is 4. The third kappa shape index (κ3) is 3.88. The van der Waals surface area contributed by atoms with Gasteiger partial charge in [-0.1, -0.05) is 30.3 Å². The van der Waals surface area contributed by atoms with Crippen LogP contribution in [0.1, 0.15) is 28.4 Å². The average molecular weight is 346 g/mol. The molecule has 0 aliphatic heterocycles. The maximum Gasteiger partial charge on any atom is 0.261 e. The van der Waals surface area contributed by atoms with Gasteiger partial charge >= 0.3 is 0 Å². The standard InChI is InChI=1S/C21H22N4O/c1-4-25(18-10-7-8-15(2)12-18)20(26)17-13-22-21(23-14-17)24-19-11-6-5-9-16(19)3/h5-14H,4H2,1-3H3,(H,22,23,24). The molecule has 0 saturated heterocycles. The Labute approximate surface area is 153 Å². The summed E-state index contributed by atoms with van der Waals surface area (Å²) in [4.78, 5) is 23.1. The average Bonchev–Trinajstić information content (AvgIpc) is 2.65. The molecule has 26 heavy (non-hydrogen) atoms. The van der Waals surface area contributed by atoms with E-state index in [0.717, 1.165) is 22.5 Å². The Morgan fingerprint density at radius 3 is 2.42 bits per heavy atom. The van der Waals surface area contributed by atoms with Crippen molar-refractivity contribution in [3.63, 3.8) is 0 Å². The van der Waals surface area contributed by atoms with E-state index in [1.807, 2.05) is 69.3 Å². The Hall–Kier alpha value is -3.21. The molecule has 0 spiro atoms. The van der Waals surface area contributed by atoms with Crippen molar-refractivity contribution in [2.75, 3.05) is 16.8 Å². The van der Waals surface area contributed by atoms with Gasteiger partial charge in [0.2, 0.25) is 5.95 Å². The molecule has 0 saturated carbocycles. The van der Waals surface area contributed by atoms with Gasteiger partial charge < -0.3 is 10.2 Å². The number of anilines is 3. The van der Waals surface area contributed by atoms with Crippen LogP contribution < -0.4 is 10.2 Å². The quantitative estimate of drug-likeness (QED) is 0.739. The summed E-state index contributed by atoms with van der Waals surface area (Å²) in [6, 6.07) is 15.8. The minimum Gasteiger partial charge on any atom is -0.324 e. The fraction of sp³-hybridized carbons (Fsp3) is 0.190. The maximum absolute atomic E-state index is 12.8. The van der Waals surface area contributed by atoms with Crippen LogP contribution in [0, 0.1) is 13.8 Å². The highest BCUT2D eigenvalue weighted by molar-refractivity contribution is 6.05. The van der Waals surface area contributed by atoms with E-state index in [4.69, 9.17) is 0 Å². The van der Waals surface area contributed by atoms with Crippen LogP contribution >= 0.6 is 0 Å². The second-order valence-corrected chi connectivity index (χ2v) is 6.12. The summed E-state index contributed by atoms with van der Waals surface area (Å²) in [7, 11) is 0. The molecule has 1 aromatic heterocycles. The molecule has 0 atom stereocenters. The predicted molar refractivity (Wildman–Crippen MR) is 105 cm³/mol. The Morgan fingerprint density at radius 1 is 1.04 bits per heavy atom. The van der Waals surface area contributed by atoms with Gasteiger partial charge in [0.05, 0.1) is 5.56 Å². The van der Waals surface area contributed by atoms with Crippen molar-refractivity contribution in [3.8, 4) is 0 Å². The van der Waals surface area contributed by atoms with Crippen LogP contribution in [0.4, 0.5) is 17.3 Å². The molecule has 5 nitrogen and oxygen atoms in total. The lowest BCUT2D eigenvalue weighted by atomic mass is 10.2. The largest absolute Gasteiger partial charge is 0.324 e. The number of carbonyl (C=O) groups is 1. The van der Waals surface area contributed by atoms with Crippen LogP contribution in [0.5, 0.6) is 0 Å². The fourth-order valence-corrected chi connectivity index (χ4v) is 2.73. The lowest BCUT2D eigenvalue weighted by Crippen LogP contribution is -2.30. The van der Waals surface area contributed by atoms with Gasteiger partial charge in [-0.2, -0.15) is 0 Å². The third-order valence-electron chi connectivity index (χ3n) is 4.17. The summed E-state index contributed by atoms with van der Waals surface area (Å²) in [6.45, 7) is 6.55. The van der Waals surface area contributed by atoms with E-state index in [1.54, 1.807) is 17.3 Å². The molecule has 3 rings (SSSR count). The molecule has 1 N–H and O–H groups in total. The van der Waals surface area contributed by atoms with Crippen molar-refractivity contribution in [2.24, 2.45) is 0 Å². The Kier molecular flexibility index (Phi) is 5.27. The number of aromatic nitrogens is 2. The van der Waals surface area contributed by atoms with Crippen molar-refractivity contribution in [2.45, 2.75) is 20.8 Å². The second kappa shape index (κ2) is 7.78. The van der Waals surface area contributed by atoms with E-state index in [1.165, 1.54) is 0 Å². The molecular formula is C21H22N4O. The molecule has 0 aliphatic carbocycles. The van der Waals surface area contributed by atoms with E-state index >= 15 is 0 Å². The van der Waals surface area contributed by atoms with Crippen LogP contribution in [-0.4, -0.2) is 22.4 Å². The summed E-state index contributed by atoms with van der Waals surface area (Å²) in [5.74, 6) is 0.356. The first-order valence-electron chi connectivity index (χ1n) is 8.61. The van der Waals surface area contributed by atoms with Gasteiger partial charge in [-0.25, -0.2) is 9.97 Å². The Morgan fingerprint density at radius 2 is 1.77 bits per heavy atom. The van der Waals surface area contributed by atoms with E-state index in [9.17, 15) is 4.79 Å². The summed E-state index contributed by atoms with van der Waals surface area (Å²) in [5, 5.41) is 3.17. The zero-order valence-corrected chi connectivity index (χ0v) is 15.2. The summed E-state index contributed by atoms with van der Waals surface area (Å²) in [6.07, 6.45) is 3.13. The van der Waals surface area contributed by atoms with Crippen LogP contribution in [0.3, 0.4) is 0 Å². The summed E-state index contributed by atoms with van der Waals surface area (Å²) in [5.41, 5.74) is 4.50. The monoisotopic (exact) mass is 346 g/mol. The van der Waals surface area contributed by atoms with Gasteiger partial charge in [0.25, 0.3) is 5.91 Å². The molecule has 0 aliphatic rings. The summed E-state index contributed by atoms with van der Waals surface area (Å²) < 4.78 is 0. The summed E-state index contributed by atoms with van der Waals surface area (Å²) >= 11 is 0. The highest BCUT2D eigenvalue weighted by Crippen LogP contribution is 2.20. The van der Waals surface area contributed by atoms with E-state index in [2.05, 4.69) is 15.3 Å². The minimum atomic E-state index is -0.111. The number of para-hydroxylation sites is 1. The zero-order chi connectivity index (χ0) is 18.5. The lowest BCUT2D eigenvalue weighted by molar-refractivity contribution is 0.0987. The van der Waals surface area contributed by atoms with E-state index in [0.29, 0.717) is 18.1 Å². The van der Waals surface area contributed by atoms with Gasteiger partial charge in [0.15, 0.2) is 0 Å². The first-order chi connectivity index (χ1) is 12.6. The number of nitrogens with one attached hydrogen (secondary N) is 1. The van der Waals surface area contributed by atoms with Crippen LogP contribution in [0.2, 0.25) is 0 Å². The Balaban J connectivity index is 1.79. The topological polar surface area (TPSA) is 58.1 Å². The van der Waals surface area contributed by atoms with Crippen molar-refractivity contribution in [3.05, 3.63) is 77.6 Å². The highest BCUT2D eigenvalue weighted by Gasteiger charge is 2.17. The molecule has 3 aromatic rings. The fourth-order valence-electron chi connectivity index (χ4n) is 2.73. The second-order valence-electron chi connectivity index (χ2n) is 6.12. The minimum absolute atomic E-state index is 0.111. The van der Waals surface area contributed by atoms with Crippen LogP contribution in [-0.2, 0) is 0 Å². The van der Waals surface area contributed by atoms with Gasteiger partial charge in [-0.3, -0.25) is 4.79 Å². The van der Waals surface area contributed by atoms with Gasteiger partial charge in [-0.15, -0.1) is 0 Å². The van der Waals surface area contributed by atoms with Crippen molar-refractivity contribution in [1.29, 1.82) is 0 Å². The van der Waals surface area contributed by atoms with Gasteiger partial charge in [0, 0.05) is 30.3 Å².